The van der Waals surface area contributed by atoms with Crippen LogP contribution in [0.3, 0.4) is 0 Å². The van der Waals surface area contributed by atoms with Crippen molar-refractivity contribution in [2.75, 3.05) is 11.5 Å². The fraction of sp³-hybridized carbons (Fsp3) is 0.240. The van der Waals surface area contributed by atoms with Gasteiger partial charge in [-0.3, -0.25) is 14.7 Å². The number of pyridine rings is 1. The fourth-order valence-corrected chi connectivity index (χ4v) is 4.63. The molecule has 0 unspecified atom stereocenters. The number of benzene rings is 2. The molecule has 0 spiro atoms. The number of ether oxygens (including phenoxy) is 1. The number of nitrogens with zero attached hydrogens (tertiary/aromatic N) is 3. The standard InChI is InChI=1S/C25H24ClN3O2S/c1-16(2)18-8-10-20(11-9-18)31-15-22(30)29(14-19-6-4-5-13-27-19)25-28-23-17(3)7-12-21(26)24(23)32-25/h4-13,16H,14-15H2,1-3H3. The summed E-state index contributed by atoms with van der Waals surface area (Å²) >= 11 is 7.79. The molecule has 0 N–H and O–H groups in total. The lowest BCUT2D eigenvalue weighted by atomic mass is 10.0. The van der Waals surface area contributed by atoms with Gasteiger partial charge in [0, 0.05) is 6.20 Å². The zero-order valence-corrected chi connectivity index (χ0v) is 19.8. The molecule has 2 heterocycles. The molecule has 0 aliphatic heterocycles. The Morgan fingerprint density at radius 2 is 1.91 bits per heavy atom. The maximum atomic E-state index is 13.3. The van der Waals surface area contributed by atoms with Gasteiger partial charge in [0.15, 0.2) is 11.7 Å². The molecule has 0 atom stereocenters. The van der Waals surface area contributed by atoms with Crippen LogP contribution in [0.2, 0.25) is 5.02 Å². The highest BCUT2D eigenvalue weighted by Gasteiger charge is 2.22. The van der Waals surface area contributed by atoms with E-state index in [2.05, 4.69) is 18.8 Å². The van der Waals surface area contributed by atoms with E-state index in [1.165, 1.54) is 16.9 Å². The second-order valence-corrected chi connectivity index (χ2v) is 9.24. The van der Waals surface area contributed by atoms with Crippen molar-refractivity contribution in [2.45, 2.75) is 33.2 Å². The largest absolute Gasteiger partial charge is 0.484 e. The molecule has 0 aliphatic carbocycles. The third kappa shape index (κ3) is 4.92. The Bertz CT molecular complexity index is 1180. The monoisotopic (exact) mass is 465 g/mol. The van der Waals surface area contributed by atoms with Gasteiger partial charge in [0.1, 0.15) is 5.75 Å². The van der Waals surface area contributed by atoms with Gasteiger partial charge in [-0.1, -0.05) is 61.1 Å². The van der Waals surface area contributed by atoms with E-state index >= 15 is 0 Å². The first-order valence-corrected chi connectivity index (χ1v) is 11.6. The molecule has 32 heavy (non-hydrogen) atoms. The summed E-state index contributed by atoms with van der Waals surface area (Å²) in [6.45, 7) is 6.46. The SMILES string of the molecule is Cc1ccc(Cl)c2sc(N(Cc3ccccn3)C(=O)COc3ccc(C(C)C)cc3)nc12. The minimum atomic E-state index is -0.198. The Morgan fingerprint density at radius 3 is 2.56 bits per heavy atom. The smallest absolute Gasteiger partial charge is 0.267 e. The van der Waals surface area contributed by atoms with E-state index in [1.807, 2.05) is 61.5 Å². The number of aryl methyl sites for hydroxylation is 1. The Hall–Kier alpha value is -2.96. The molecule has 5 nitrogen and oxygen atoms in total. The number of aromatic nitrogens is 2. The van der Waals surface area contributed by atoms with Gasteiger partial charge in [-0.25, -0.2) is 4.98 Å². The number of anilines is 1. The van der Waals surface area contributed by atoms with Gasteiger partial charge >= 0.3 is 0 Å². The molecule has 2 aromatic carbocycles. The van der Waals surface area contributed by atoms with Crippen molar-refractivity contribution in [1.29, 1.82) is 0 Å². The van der Waals surface area contributed by atoms with Crippen molar-refractivity contribution in [3.8, 4) is 5.75 Å². The molecule has 7 heteroatoms. The molecule has 0 radical (unpaired) electrons. The van der Waals surface area contributed by atoms with Crippen LogP contribution in [0.1, 0.15) is 36.6 Å². The Balaban J connectivity index is 1.60. The van der Waals surface area contributed by atoms with Crippen LogP contribution in [0.4, 0.5) is 5.13 Å². The van der Waals surface area contributed by atoms with Gasteiger partial charge in [-0.05, 0) is 54.3 Å². The fourth-order valence-electron chi connectivity index (χ4n) is 3.29. The molecule has 0 saturated heterocycles. The van der Waals surface area contributed by atoms with Crippen LogP contribution in [-0.4, -0.2) is 22.5 Å². The van der Waals surface area contributed by atoms with Crippen LogP contribution in [0, 0.1) is 6.92 Å². The number of carbonyl (C=O) groups excluding carboxylic acids is 1. The normalized spacial score (nSPS) is 11.2. The number of amides is 1. The Morgan fingerprint density at radius 1 is 1.12 bits per heavy atom. The summed E-state index contributed by atoms with van der Waals surface area (Å²) in [4.78, 5) is 24.0. The topological polar surface area (TPSA) is 55.3 Å². The van der Waals surface area contributed by atoms with Crippen LogP contribution in [-0.2, 0) is 11.3 Å². The van der Waals surface area contributed by atoms with Crippen LogP contribution in [0.5, 0.6) is 5.75 Å². The number of hydrogen-bond donors (Lipinski definition) is 0. The zero-order chi connectivity index (χ0) is 22.7. The van der Waals surface area contributed by atoms with E-state index < -0.39 is 0 Å². The highest BCUT2D eigenvalue weighted by atomic mass is 35.5. The second-order valence-electron chi connectivity index (χ2n) is 7.85. The Labute approximate surface area is 196 Å². The second kappa shape index (κ2) is 9.67. The number of carbonyl (C=O) groups is 1. The van der Waals surface area contributed by atoms with E-state index in [9.17, 15) is 4.79 Å². The molecule has 4 rings (SSSR count). The van der Waals surface area contributed by atoms with Gasteiger partial charge < -0.3 is 4.74 Å². The molecule has 164 valence electrons. The lowest BCUT2D eigenvalue weighted by molar-refractivity contribution is -0.120. The summed E-state index contributed by atoms with van der Waals surface area (Å²) in [5, 5.41) is 1.20. The maximum Gasteiger partial charge on any atom is 0.267 e. The van der Waals surface area contributed by atoms with Gasteiger partial charge in [-0.2, -0.15) is 0 Å². The van der Waals surface area contributed by atoms with Crippen molar-refractivity contribution in [3.63, 3.8) is 0 Å². The number of halogens is 1. The third-order valence-electron chi connectivity index (χ3n) is 5.17. The minimum Gasteiger partial charge on any atom is -0.484 e. The number of hydrogen-bond acceptors (Lipinski definition) is 5. The lowest BCUT2D eigenvalue weighted by Gasteiger charge is -2.20. The molecule has 0 aliphatic rings. The molecule has 4 aromatic rings. The highest BCUT2D eigenvalue weighted by molar-refractivity contribution is 7.23. The zero-order valence-electron chi connectivity index (χ0n) is 18.2. The minimum absolute atomic E-state index is 0.101. The molecule has 0 bridgehead atoms. The predicted molar refractivity (Wildman–Crippen MR) is 131 cm³/mol. The molecular formula is C25H24ClN3O2S. The van der Waals surface area contributed by atoms with Crippen LogP contribution >= 0.6 is 22.9 Å². The number of thiazole rings is 1. The van der Waals surface area contributed by atoms with E-state index in [-0.39, 0.29) is 12.5 Å². The first-order valence-electron chi connectivity index (χ1n) is 10.4. The first-order chi connectivity index (χ1) is 15.4. The average Bonchev–Trinajstić information content (AvgIpc) is 3.26. The third-order valence-corrected chi connectivity index (χ3v) is 6.71. The highest BCUT2D eigenvalue weighted by Crippen LogP contribution is 2.36. The maximum absolute atomic E-state index is 13.3. The first kappa shape index (κ1) is 22.2. The summed E-state index contributed by atoms with van der Waals surface area (Å²) in [6.07, 6.45) is 1.71. The van der Waals surface area contributed by atoms with Gasteiger partial charge in [0.2, 0.25) is 0 Å². The number of rotatable bonds is 7. The molecule has 1 amide bonds. The summed E-state index contributed by atoms with van der Waals surface area (Å²) in [7, 11) is 0. The predicted octanol–water partition coefficient (Wildman–Crippen LogP) is 6.39. The van der Waals surface area contributed by atoms with Crippen molar-refractivity contribution in [1.82, 2.24) is 9.97 Å². The van der Waals surface area contributed by atoms with Gasteiger partial charge in [0.05, 0.1) is 27.5 Å². The summed E-state index contributed by atoms with van der Waals surface area (Å²) in [5.41, 5.74) is 3.81. The van der Waals surface area contributed by atoms with Crippen molar-refractivity contribution >= 4 is 44.2 Å². The Kier molecular flexibility index (Phi) is 6.72. The van der Waals surface area contributed by atoms with Crippen molar-refractivity contribution in [3.05, 3.63) is 82.6 Å². The van der Waals surface area contributed by atoms with E-state index in [0.29, 0.717) is 28.4 Å². The van der Waals surface area contributed by atoms with Gasteiger partial charge in [-0.15, -0.1) is 0 Å². The molecule has 0 saturated carbocycles. The van der Waals surface area contributed by atoms with E-state index in [0.717, 1.165) is 21.5 Å². The van der Waals surface area contributed by atoms with Gasteiger partial charge in [0.25, 0.3) is 5.91 Å². The lowest BCUT2D eigenvalue weighted by Crippen LogP contribution is -2.34. The molecular weight excluding hydrogens is 442 g/mol. The van der Waals surface area contributed by atoms with Crippen LogP contribution < -0.4 is 9.64 Å². The summed E-state index contributed by atoms with van der Waals surface area (Å²) in [6, 6.07) is 17.3. The number of fused-ring (bicyclic) bond motifs is 1. The van der Waals surface area contributed by atoms with Crippen LogP contribution in [0.25, 0.3) is 10.2 Å². The van der Waals surface area contributed by atoms with E-state index in [4.69, 9.17) is 21.3 Å². The van der Waals surface area contributed by atoms with Crippen molar-refractivity contribution < 1.29 is 9.53 Å². The average molecular weight is 466 g/mol. The van der Waals surface area contributed by atoms with Crippen molar-refractivity contribution in [2.24, 2.45) is 0 Å². The summed E-state index contributed by atoms with van der Waals surface area (Å²) < 4.78 is 6.67. The summed E-state index contributed by atoms with van der Waals surface area (Å²) in [5.74, 6) is 0.897. The molecule has 2 aromatic heterocycles. The van der Waals surface area contributed by atoms with Crippen LogP contribution in [0.15, 0.2) is 60.8 Å². The van der Waals surface area contributed by atoms with E-state index in [1.54, 1.807) is 11.1 Å². The molecule has 0 fully saturated rings. The quantitative estimate of drug-likeness (QED) is 0.317.